The molecule has 0 aliphatic heterocycles. The smallest absolute Gasteiger partial charge is 0.206 e. The van der Waals surface area contributed by atoms with Crippen LogP contribution in [-0.2, 0) is 6.42 Å². The molecule has 51 heavy (non-hydrogen) atoms. The standard InChI is InChI=1S/C39H34N10O2/c1-50-34-21-13-30(14-22-34)38(48-44-36-7-3-5-25-40-36)46-42-32-17-9-28(10-18-32)27-29-11-19-33(20-12-29)43-47-39(31-15-23-35(51-2)24-16-31)49-45-37-8-4-6-26-41-37/h3-26,38-39H,27H2,1-2H3. The van der Waals surface area contributed by atoms with E-state index in [1.54, 1.807) is 38.7 Å². The van der Waals surface area contributed by atoms with Crippen molar-refractivity contribution >= 4 is 23.0 Å². The molecule has 2 heterocycles. The van der Waals surface area contributed by atoms with E-state index < -0.39 is 12.3 Å². The Bertz CT molecular complexity index is 1920. The summed E-state index contributed by atoms with van der Waals surface area (Å²) in [4.78, 5) is 8.42. The van der Waals surface area contributed by atoms with Gasteiger partial charge in [-0.25, -0.2) is 9.97 Å². The zero-order valence-corrected chi connectivity index (χ0v) is 28.0. The molecule has 252 valence electrons. The van der Waals surface area contributed by atoms with Crippen molar-refractivity contribution in [1.82, 2.24) is 9.97 Å². The topological polar surface area (TPSA) is 143 Å². The minimum Gasteiger partial charge on any atom is -0.497 e. The van der Waals surface area contributed by atoms with Crippen molar-refractivity contribution in [3.63, 3.8) is 0 Å². The maximum Gasteiger partial charge on any atom is 0.206 e. The number of aromatic nitrogens is 2. The van der Waals surface area contributed by atoms with Gasteiger partial charge in [-0.15, -0.1) is 10.2 Å². The van der Waals surface area contributed by atoms with Crippen molar-refractivity contribution in [1.29, 1.82) is 0 Å². The predicted molar refractivity (Wildman–Crippen MR) is 194 cm³/mol. The molecule has 6 aromatic rings. The number of ether oxygens (including phenoxy) is 2. The number of nitrogens with zero attached hydrogens (tertiary/aromatic N) is 10. The van der Waals surface area contributed by atoms with E-state index >= 15 is 0 Å². The third-order valence-electron chi connectivity index (χ3n) is 7.51. The van der Waals surface area contributed by atoms with E-state index in [1.165, 1.54) is 0 Å². The summed E-state index contributed by atoms with van der Waals surface area (Å²) in [5, 5.41) is 35.3. The molecule has 2 unspecified atom stereocenters. The van der Waals surface area contributed by atoms with E-state index in [-0.39, 0.29) is 0 Å². The average Bonchev–Trinajstić information content (AvgIpc) is 3.20. The molecule has 0 saturated heterocycles. The van der Waals surface area contributed by atoms with Gasteiger partial charge in [0.2, 0.25) is 12.3 Å². The molecule has 12 heteroatoms. The molecule has 2 atom stereocenters. The van der Waals surface area contributed by atoms with Crippen LogP contribution >= 0.6 is 0 Å². The van der Waals surface area contributed by atoms with Crippen molar-refractivity contribution in [2.45, 2.75) is 18.8 Å². The summed E-state index contributed by atoms with van der Waals surface area (Å²) in [5.74, 6) is 2.47. The van der Waals surface area contributed by atoms with Gasteiger partial charge in [0.05, 0.1) is 25.6 Å². The van der Waals surface area contributed by atoms with Crippen molar-refractivity contribution < 1.29 is 9.47 Å². The first kappa shape index (κ1) is 34.1. The largest absolute Gasteiger partial charge is 0.497 e. The van der Waals surface area contributed by atoms with Gasteiger partial charge in [0.25, 0.3) is 0 Å². The van der Waals surface area contributed by atoms with Gasteiger partial charge < -0.3 is 9.47 Å². The molecule has 0 spiro atoms. The number of pyridine rings is 2. The molecular formula is C39H34N10O2. The van der Waals surface area contributed by atoms with Crippen LogP contribution in [0.25, 0.3) is 0 Å². The van der Waals surface area contributed by atoms with E-state index in [4.69, 9.17) is 9.47 Å². The molecular weight excluding hydrogens is 640 g/mol. The summed E-state index contributed by atoms with van der Waals surface area (Å²) in [5.41, 5.74) is 5.30. The Morgan fingerprint density at radius 1 is 0.451 bits per heavy atom. The Kier molecular flexibility index (Phi) is 11.7. The van der Waals surface area contributed by atoms with E-state index in [0.717, 1.165) is 40.2 Å². The number of methoxy groups -OCH3 is 2. The summed E-state index contributed by atoms with van der Waals surface area (Å²) >= 11 is 0. The number of hydrogen-bond donors (Lipinski definition) is 0. The quantitative estimate of drug-likeness (QED) is 0.106. The molecule has 0 aliphatic carbocycles. The van der Waals surface area contributed by atoms with Crippen LogP contribution < -0.4 is 9.47 Å². The van der Waals surface area contributed by atoms with Crippen LogP contribution in [0.15, 0.2) is 187 Å². The summed E-state index contributed by atoms with van der Waals surface area (Å²) < 4.78 is 10.6. The van der Waals surface area contributed by atoms with Gasteiger partial charge in [0, 0.05) is 23.5 Å². The number of azo groups is 4. The van der Waals surface area contributed by atoms with Gasteiger partial charge >= 0.3 is 0 Å². The second-order valence-corrected chi connectivity index (χ2v) is 11.0. The molecule has 4 aromatic carbocycles. The predicted octanol–water partition coefficient (Wildman–Crippen LogP) is 11.2. The molecule has 0 fully saturated rings. The van der Waals surface area contributed by atoms with Crippen LogP contribution in [0.2, 0.25) is 0 Å². The fourth-order valence-electron chi connectivity index (χ4n) is 4.76. The molecule has 0 aliphatic rings. The third-order valence-corrected chi connectivity index (χ3v) is 7.51. The number of benzene rings is 4. The highest BCUT2D eigenvalue weighted by Crippen LogP contribution is 2.28. The molecule has 0 saturated carbocycles. The Hall–Kier alpha value is -6.82. The normalized spacial score (nSPS) is 12.9. The second kappa shape index (κ2) is 17.5. The highest BCUT2D eigenvalue weighted by atomic mass is 16.5. The van der Waals surface area contributed by atoms with Gasteiger partial charge in [-0.3, -0.25) is 0 Å². The van der Waals surface area contributed by atoms with E-state index in [0.29, 0.717) is 23.0 Å². The van der Waals surface area contributed by atoms with Crippen molar-refractivity contribution in [3.05, 3.63) is 168 Å². The second-order valence-electron chi connectivity index (χ2n) is 11.0. The monoisotopic (exact) mass is 674 g/mol. The molecule has 0 radical (unpaired) electrons. The van der Waals surface area contributed by atoms with E-state index in [2.05, 4.69) is 50.9 Å². The first-order valence-electron chi connectivity index (χ1n) is 16.1. The van der Waals surface area contributed by atoms with Crippen LogP contribution in [0.4, 0.5) is 23.0 Å². The minimum absolute atomic E-state index is 0.493. The van der Waals surface area contributed by atoms with Gasteiger partial charge in [-0.2, -0.15) is 30.7 Å². The minimum atomic E-state index is -0.649. The molecule has 0 N–H and O–H groups in total. The molecule has 12 nitrogen and oxygen atoms in total. The van der Waals surface area contributed by atoms with E-state index in [9.17, 15) is 0 Å². The molecule has 0 amide bonds. The fraction of sp³-hybridized carbons (Fsp3) is 0.128. The highest BCUT2D eigenvalue weighted by molar-refractivity contribution is 5.43. The third kappa shape index (κ3) is 10.1. The Morgan fingerprint density at radius 3 is 1.20 bits per heavy atom. The first-order chi connectivity index (χ1) is 25.1. The highest BCUT2D eigenvalue weighted by Gasteiger charge is 2.11. The Morgan fingerprint density at radius 2 is 0.843 bits per heavy atom. The van der Waals surface area contributed by atoms with Gasteiger partial charge in [-0.1, -0.05) is 60.7 Å². The van der Waals surface area contributed by atoms with Crippen LogP contribution in [-0.4, -0.2) is 24.2 Å². The number of rotatable bonds is 14. The SMILES string of the molecule is COc1ccc(C(N=Nc2ccc(Cc3ccc(N=NC(N=Nc4ccccn4)c4ccc(OC)cc4)cc3)cc2)N=Nc2ccccn2)cc1. The zero-order valence-electron chi connectivity index (χ0n) is 28.0. The first-order valence-corrected chi connectivity index (χ1v) is 16.1. The van der Waals surface area contributed by atoms with Crippen molar-refractivity contribution in [2.75, 3.05) is 14.2 Å². The van der Waals surface area contributed by atoms with Crippen LogP contribution in [0.1, 0.15) is 34.6 Å². The lowest BCUT2D eigenvalue weighted by atomic mass is 10.0. The lowest BCUT2D eigenvalue weighted by Crippen LogP contribution is -1.92. The van der Waals surface area contributed by atoms with Crippen LogP contribution in [0, 0.1) is 0 Å². The Labute approximate surface area is 295 Å². The van der Waals surface area contributed by atoms with Gasteiger partial charge in [-0.05, 0) is 90.3 Å². The number of hydrogen-bond acceptors (Lipinski definition) is 12. The van der Waals surface area contributed by atoms with Gasteiger partial charge in [0.15, 0.2) is 11.6 Å². The summed E-state index contributed by atoms with van der Waals surface area (Å²) in [6, 6.07) is 41.8. The maximum atomic E-state index is 5.29. The van der Waals surface area contributed by atoms with Crippen molar-refractivity contribution in [2.24, 2.45) is 40.9 Å². The Balaban J connectivity index is 1.11. The summed E-state index contributed by atoms with van der Waals surface area (Å²) in [6.07, 6.45) is 2.76. The molecule has 2 aromatic heterocycles. The van der Waals surface area contributed by atoms with Crippen LogP contribution in [0.5, 0.6) is 11.5 Å². The maximum absolute atomic E-state index is 5.29. The zero-order chi connectivity index (χ0) is 35.1. The lowest BCUT2D eigenvalue weighted by Gasteiger charge is -2.07. The fourth-order valence-corrected chi connectivity index (χ4v) is 4.76. The lowest BCUT2D eigenvalue weighted by molar-refractivity contribution is 0.414. The average molecular weight is 675 g/mol. The molecule has 0 bridgehead atoms. The molecule has 6 rings (SSSR count). The van der Waals surface area contributed by atoms with Crippen LogP contribution in [0.3, 0.4) is 0 Å². The van der Waals surface area contributed by atoms with E-state index in [1.807, 2.05) is 121 Å². The van der Waals surface area contributed by atoms with Gasteiger partial charge in [0.1, 0.15) is 11.5 Å². The summed E-state index contributed by atoms with van der Waals surface area (Å²) in [6.45, 7) is 0. The summed E-state index contributed by atoms with van der Waals surface area (Å²) in [7, 11) is 3.25. The van der Waals surface area contributed by atoms with Crippen molar-refractivity contribution in [3.8, 4) is 11.5 Å².